The van der Waals surface area contributed by atoms with Crippen LogP contribution in [0.25, 0.3) is 0 Å². The summed E-state index contributed by atoms with van der Waals surface area (Å²) in [5.74, 6) is -1.52. The molecule has 3 heterocycles. The Kier molecular flexibility index (Phi) is 5.22. The molecule has 0 unspecified atom stereocenters. The van der Waals surface area contributed by atoms with Gasteiger partial charge in [0.1, 0.15) is 5.54 Å². The second-order valence-corrected chi connectivity index (χ2v) is 8.23. The SMILES string of the molecule is CCN1C(=O)[C@H]2[C@@H](c3cccs3)N[C@@](CCSC)(C(=O)OC)[C@@H]2C1=O. The van der Waals surface area contributed by atoms with Gasteiger partial charge in [0.2, 0.25) is 11.8 Å². The molecule has 2 fully saturated rings. The largest absolute Gasteiger partial charge is 0.468 e. The molecular formula is C17H22N2O4S2. The minimum absolute atomic E-state index is 0.196. The fourth-order valence-electron chi connectivity index (χ4n) is 4.05. The monoisotopic (exact) mass is 382 g/mol. The molecule has 0 aliphatic carbocycles. The lowest BCUT2D eigenvalue weighted by Gasteiger charge is -2.32. The maximum Gasteiger partial charge on any atom is 0.326 e. The number of thiophene rings is 1. The van der Waals surface area contributed by atoms with Gasteiger partial charge in [0.25, 0.3) is 0 Å². The molecule has 136 valence electrons. The highest BCUT2D eigenvalue weighted by Gasteiger charge is 2.68. The van der Waals surface area contributed by atoms with Crippen molar-refractivity contribution < 1.29 is 19.1 Å². The number of carbonyl (C=O) groups excluding carboxylic acids is 3. The summed E-state index contributed by atoms with van der Waals surface area (Å²) in [5, 5.41) is 5.29. The molecule has 8 heteroatoms. The highest BCUT2D eigenvalue weighted by atomic mass is 32.2. The van der Waals surface area contributed by atoms with Crippen LogP contribution in [-0.2, 0) is 19.1 Å². The zero-order chi connectivity index (χ0) is 18.2. The Hall–Kier alpha value is -1.38. The molecule has 2 amide bonds. The van der Waals surface area contributed by atoms with Crippen LogP contribution in [0.5, 0.6) is 0 Å². The number of imide groups is 1. The van der Waals surface area contributed by atoms with E-state index >= 15 is 0 Å². The number of likely N-dealkylation sites (tertiary alicyclic amines) is 1. The Morgan fingerprint density at radius 1 is 1.44 bits per heavy atom. The van der Waals surface area contributed by atoms with Crippen molar-refractivity contribution in [3.8, 4) is 0 Å². The third-order valence-electron chi connectivity index (χ3n) is 5.16. The molecule has 3 rings (SSSR count). The molecule has 2 saturated heterocycles. The van der Waals surface area contributed by atoms with Gasteiger partial charge in [-0.05, 0) is 36.8 Å². The summed E-state index contributed by atoms with van der Waals surface area (Å²) >= 11 is 3.12. The molecule has 4 atom stereocenters. The lowest BCUT2D eigenvalue weighted by atomic mass is 9.78. The first-order valence-electron chi connectivity index (χ1n) is 8.25. The van der Waals surface area contributed by atoms with Gasteiger partial charge >= 0.3 is 5.97 Å². The Morgan fingerprint density at radius 2 is 2.20 bits per heavy atom. The van der Waals surface area contributed by atoms with E-state index in [1.165, 1.54) is 23.3 Å². The first-order valence-corrected chi connectivity index (χ1v) is 10.5. The van der Waals surface area contributed by atoms with Crippen LogP contribution in [0, 0.1) is 11.8 Å². The number of amides is 2. The Balaban J connectivity index is 2.11. The second-order valence-electron chi connectivity index (χ2n) is 6.27. The fraction of sp³-hybridized carbons (Fsp3) is 0.588. The van der Waals surface area contributed by atoms with Crippen LogP contribution in [0.15, 0.2) is 17.5 Å². The summed E-state index contributed by atoms with van der Waals surface area (Å²) in [6.07, 6.45) is 2.40. The predicted molar refractivity (Wildman–Crippen MR) is 97.3 cm³/mol. The quantitative estimate of drug-likeness (QED) is 0.596. The zero-order valence-electron chi connectivity index (χ0n) is 14.5. The van der Waals surface area contributed by atoms with E-state index in [1.807, 2.05) is 23.8 Å². The summed E-state index contributed by atoms with van der Waals surface area (Å²) in [6.45, 7) is 2.10. The number of ether oxygens (including phenoxy) is 1. The summed E-state index contributed by atoms with van der Waals surface area (Å²) < 4.78 is 5.07. The fourth-order valence-corrected chi connectivity index (χ4v) is 5.40. The standard InChI is InChI=1S/C17H22N2O4S2/c1-4-19-14(20)11-12(15(19)21)17(7-9-24-3,16(22)23-2)18-13(11)10-6-5-8-25-10/h5-6,8,11-13,18H,4,7,9H2,1-3H3/t11-,12+,13-,17-/m1/s1. The maximum absolute atomic E-state index is 13.0. The van der Waals surface area contributed by atoms with E-state index in [0.29, 0.717) is 18.7 Å². The number of hydrogen-bond donors (Lipinski definition) is 1. The normalized spacial score (nSPS) is 31.5. The van der Waals surface area contributed by atoms with Gasteiger partial charge in [0.15, 0.2) is 0 Å². The van der Waals surface area contributed by atoms with E-state index in [2.05, 4.69) is 5.32 Å². The smallest absolute Gasteiger partial charge is 0.326 e. The summed E-state index contributed by atoms with van der Waals surface area (Å²) in [5.41, 5.74) is -1.16. The van der Waals surface area contributed by atoms with Gasteiger partial charge in [0, 0.05) is 11.4 Å². The summed E-state index contributed by atoms with van der Waals surface area (Å²) in [4.78, 5) is 40.9. The Morgan fingerprint density at radius 3 is 2.76 bits per heavy atom. The number of nitrogens with one attached hydrogen (secondary N) is 1. The van der Waals surface area contributed by atoms with Crippen molar-refractivity contribution in [3.63, 3.8) is 0 Å². The Labute approximate surface area is 155 Å². The van der Waals surface area contributed by atoms with Gasteiger partial charge in [-0.25, -0.2) is 0 Å². The summed E-state index contributed by atoms with van der Waals surface area (Å²) in [6, 6.07) is 3.50. The maximum atomic E-state index is 13.0. The van der Waals surface area contributed by atoms with Crippen molar-refractivity contribution in [1.82, 2.24) is 10.2 Å². The van der Waals surface area contributed by atoms with Crippen LogP contribution in [0.4, 0.5) is 0 Å². The van der Waals surface area contributed by atoms with Crippen molar-refractivity contribution >= 4 is 40.9 Å². The average Bonchev–Trinajstić information content (AvgIpc) is 3.30. The number of hydrogen-bond acceptors (Lipinski definition) is 7. The number of esters is 1. The summed E-state index contributed by atoms with van der Waals surface area (Å²) in [7, 11) is 1.33. The molecule has 25 heavy (non-hydrogen) atoms. The highest BCUT2D eigenvalue weighted by Crippen LogP contribution is 2.51. The Bertz CT molecular complexity index is 678. The molecule has 6 nitrogen and oxygen atoms in total. The highest BCUT2D eigenvalue weighted by molar-refractivity contribution is 7.98. The molecule has 0 spiro atoms. The number of nitrogens with zero attached hydrogens (tertiary/aromatic N) is 1. The molecule has 1 N–H and O–H groups in total. The van der Waals surface area contributed by atoms with Crippen molar-refractivity contribution in [2.24, 2.45) is 11.8 Å². The van der Waals surface area contributed by atoms with Crippen LogP contribution >= 0.6 is 23.1 Å². The van der Waals surface area contributed by atoms with Crippen molar-refractivity contribution in [1.29, 1.82) is 0 Å². The molecular weight excluding hydrogens is 360 g/mol. The number of carbonyl (C=O) groups is 3. The van der Waals surface area contributed by atoms with Crippen LogP contribution in [0.1, 0.15) is 24.3 Å². The third kappa shape index (κ3) is 2.71. The molecule has 0 aromatic carbocycles. The molecule has 0 saturated carbocycles. The average molecular weight is 383 g/mol. The van der Waals surface area contributed by atoms with Crippen LogP contribution in [0.2, 0.25) is 0 Å². The minimum Gasteiger partial charge on any atom is -0.468 e. The number of methoxy groups -OCH3 is 1. The molecule has 1 aromatic rings. The zero-order valence-corrected chi connectivity index (χ0v) is 16.1. The number of thioether (sulfide) groups is 1. The van der Waals surface area contributed by atoms with Crippen molar-refractivity contribution in [3.05, 3.63) is 22.4 Å². The third-order valence-corrected chi connectivity index (χ3v) is 6.73. The predicted octanol–water partition coefficient (Wildman–Crippen LogP) is 1.68. The van der Waals surface area contributed by atoms with Crippen molar-refractivity contribution in [2.75, 3.05) is 25.7 Å². The number of rotatable bonds is 6. The van der Waals surface area contributed by atoms with Gasteiger partial charge in [-0.15, -0.1) is 11.3 Å². The van der Waals surface area contributed by atoms with Crippen LogP contribution in [-0.4, -0.2) is 53.9 Å². The van der Waals surface area contributed by atoms with Gasteiger partial charge in [-0.1, -0.05) is 6.07 Å². The van der Waals surface area contributed by atoms with E-state index in [9.17, 15) is 14.4 Å². The van der Waals surface area contributed by atoms with E-state index in [0.717, 1.165) is 4.88 Å². The lowest BCUT2D eigenvalue weighted by Crippen LogP contribution is -2.56. The molecule has 1 aromatic heterocycles. The molecule has 0 radical (unpaired) electrons. The molecule has 0 bridgehead atoms. The van der Waals surface area contributed by atoms with E-state index in [1.54, 1.807) is 18.7 Å². The van der Waals surface area contributed by atoms with E-state index in [4.69, 9.17) is 4.74 Å². The first-order chi connectivity index (χ1) is 12.0. The minimum atomic E-state index is -1.16. The van der Waals surface area contributed by atoms with Gasteiger partial charge in [0.05, 0.1) is 25.0 Å². The van der Waals surface area contributed by atoms with Crippen molar-refractivity contribution in [2.45, 2.75) is 24.9 Å². The topological polar surface area (TPSA) is 75.7 Å². The van der Waals surface area contributed by atoms with Gasteiger partial charge in [-0.3, -0.25) is 24.6 Å². The number of fused-ring (bicyclic) bond motifs is 1. The lowest BCUT2D eigenvalue weighted by molar-refractivity contribution is -0.154. The molecule has 2 aliphatic heterocycles. The van der Waals surface area contributed by atoms with E-state index < -0.39 is 23.3 Å². The van der Waals surface area contributed by atoms with Crippen LogP contribution in [0.3, 0.4) is 0 Å². The van der Waals surface area contributed by atoms with Gasteiger partial charge in [-0.2, -0.15) is 11.8 Å². The first kappa shape index (κ1) is 18.4. The van der Waals surface area contributed by atoms with Crippen LogP contribution < -0.4 is 5.32 Å². The van der Waals surface area contributed by atoms with E-state index in [-0.39, 0.29) is 17.9 Å². The van der Waals surface area contributed by atoms with Gasteiger partial charge < -0.3 is 4.74 Å². The molecule has 2 aliphatic rings. The second kappa shape index (κ2) is 7.09.